The van der Waals surface area contributed by atoms with E-state index in [4.69, 9.17) is 0 Å². The molecule has 2 atom stereocenters. The molecule has 3 saturated heterocycles. The quantitative estimate of drug-likeness (QED) is 0.845. The smallest absolute Gasteiger partial charge is 0.0198 e. The summed E-state index contributed by atoms with van der Waals surface area (Å²) in [5, 5.41) is 3.50. The maximum atomic E-state index is 3.50. The highest BCUT2D eigenvalue weighted by molar-refractivity contribution is 4.92. The van der Waals surface area contributed by atoms with Crippen LogP contribution in [0.25, 0.3) is 0 Å². The van der Waals surface area contributed by atoms with Crippen LogP contribution in [0.5, 0.6) is 0 Å². The lowest BCUT2D eigenvalue weighted by molar-refractivity contribution is -0.0192. The highest BCUT2D eigenvalue weighted by atomic mass is 15.3. The lowest BCUT2D eigenvalue weighted by Crippen LogP contribution is -2.62. The third-order valence-electron chi connectivity index (χ3n) is 6.99. The fourth-order valence-corrected chi connectivity index (χ4v) is 5.23. The van der Waals surface area contributed by atoms with E-state index in [0.29, 0.717) is 17.6 Å². The van der Waals surface area contributed by atoms with E-state index in [1.54, 1.807) is 0 Å². The van der Waals surface area contributed by atoms with E-state index in [9.17, 15) is 0 Å². The number of hydrogen-bond donors (Lipinski definition) is 1. The Bertz CT molecular complexity index is 393. The van der Waals surface area contributed by atoms with Crippen molar-refractivity contribution in [1.82, 2.24) is 20.0 Å². The molecular weight excluding hydrogens is 308 g/mol. The zero-order valence-electron chi connectivity index (χ0n) is 17.4. The van der Waals surface area contributed by atoms with Gasteiger partial charge in [-0.05, 0) is 92.4 Å². The Morgan fingerprint density at radius 1 is 0.880 bits per heavy atom. The number of likely N-dealkylation sites (tertiary alicyclic amines) is 1. The summed E-state index contributed by atoms with van der Waals surface area (Å²) < 4.78 is 0. The third kappa shape index (κ3) is 4.97. The van der Waals surface area contributed by atoms with Gasteiger partial charge in [-0.1, -0.05) is 0 Å². The molecule has 2 unspecified atom stereocenters. The van der Waals surface area contributed by atoms with Crippen LogP contribution in [0, 0.1) is 5.92 Å². The molecule has 0 spiro atoms. The van der Waals surface area contributed by atoms with Gasteiger partial charge in [0, 0.05) is 43.3 Å². The Morgan fingerprint density at radius 3 is 1.96 bits per heavy atom. The predicted molar refractivity (Wildman–Crippen MR) is 107 cm³/mol. The molecule has 4 heteroatoms. The highest BCUT2D eigenvalue weighted by Gasteiger charge is 2.36. The molecule has 0 saturated carbocycles. The monoisotopic (exact) mass is 350 g/mol. The Balaban J connectivity index is 1.47. The molecule has 3 aliphatic heterocycles. The van der Waals surface area contributed by atoms with E-state index in [0.717, 1.165) is 12.0 Å². The normalized spacial score (nSPS) is 33.0. The van der Waals surface area contributed by atoms with Gasteiger partial charge in [-0.3, -0.25) is 9.80 Å². The highest BCUT2D eigenvalue weighted by Crippen LogP contribution is 2.27. The molecule has 3 aliphatic rings. The molecule has 3 heterocycles. The maximum absolute atomic E-state index is 3.50. The third-order valence-corrected chi connectivity index (χ3v) is 6.99. The maximum Gasteiger partial charge on any atom is 0.0198 e. The first-order valence-electron chi connectivity index (χ1n) is 10.8. The van der Waals surface area contributed by atoms with Crippen LogP contribution in [-0.4, -0.2) is 84.2 Å². The van der Waals surface area contributed by atoms with Crippen molar-refractivity contribution in [3.05, 3.63) is 0 Å². The Morgan fingerprint density at radius 2 is 1.44 bits per heavy atom. The molecule has 146 valence electrons. The summed E-state index contributed by atoms with van der Waals surface area (Å²) in [6, 6.07) is 2.23. The van der Waals surface area contributed by atoms with Crippen molar-refractivity contribution in [2.75, 3.05) is 45.8 Å². The summed E-state index contributed by atoms with van der Waals surface area (Å²) in [5.41, 5.74) is 0.300. The van der Waals surface area contributed by atoms with Crippen LogP contribution < -0.4 is 5.32 Å². The second-order valence-corrected chi connectivity index (χ2v) is 9.93. The van der Waals surface area contributed by atoms with Gasteiger partial charge in [0.15, 0.2) is 0 Å². The minimum Gasteiger partial charge on any atom is -0.317 e. The summed E-state index contributed by atoms with van der Waals surface area (Å²) in [4.78, 5) is 8.29. The van der Waals surface area contributed by atoms with Gasteiger partial charge < -0.3 is 10.2 Å². The van der Waals surface area contributed by atoms with Gasteiger partial charge in [-0.15, -0.1) is 0 Å². The number of nitrogens with zero attached hydrogens (tertiary/aromatic N) is 3. The van der Waals surface area contributed by atoms with Crippen LogP contribution in [0.15, 0.2) is 0 Å². The van der Waals surface area contributed by atoms with Gasteiger partial charge in [-0.25, -0.2) is 0 Å². The van der Waals surface area contributed by atoms with Gasteiger partial charge in [-0.2, -0.15) is 0 Å². The molecule has 4 nitrogen and oxygen atoms in total. The fraction of sp³-hybridized carbons (Fsp3) is 1.00. The van der Waals surface area contributed by atoms with Crippen molar-refractivity contribution in [2.24, 2.45) is 5.92 Å². The molecule has 0 aliphatic carbocycles. The Hall–Kier alpha value is -0.160. The Kier molecular flexibility index (Phi) is 6.46. The molecular formula is C21H42N4. The number of hydrogen-bond acceptors (Lipinski definition) is 4. The molecule has 3 rings (SSSR count). The van der Waals surface area contributed by atoms with Crippen LogP contribution in [0.3, 0.4) is 0 Å². The van der Waals surface area contributed by atoms with Crippen molar-refractivity contribution >= 4 is 0 Å². The molecule has 0 radical (unpaired) electrons. The first kappa shape index (κ1) is 19.6. The largest absolute Gasteiger partial charge is 0.317 e. The zero-order valence-corrected chi connectivity index (χ0v) is 17.4. The van der Waals surface area contributed by atoms with Gasteiger partial charge in [0.1, 0.15) is 0 Å². The molecule has 3 fully saturated rings. The number of rotatable bonds is 3. The predicted octanol–water partition coefficient (Wildman–Crippen LogP) is 2.64. The van der Waals surface area contributed by atoms with E-state index >= 15 is 0 Å². The molecule has 0 aromatic heterocycles. The summed E-state index contributed by atoms with van der Waals surface area (Å²) in [7, 11) is 0. The van der Waals surface area contributed by atoms with E-state index in [1.807, 2.05) is 0 Å². The van der Waals surface area contributed by atoms with E-state index in [-0.39, 0.29) is 0 Å². The summed E-state index contributed by atoms with van der Waals surface area (Å²) in [6.07, 6.45) is 5.52. The Labute approximate surface area is 156 Å². The topological polar surface area (TPSA) is 21.8 Å². The summed E-state index contributed by atoms with van der Waals surface area (Å²) in [6.45, 7) is 20.8. The average Bonchev–Trinajstić information content (AvgIpc) is 2.58. The van der Waals surface area contributed by atoms with Gasteiger partial charge in [0.05, 0.1) is 0 Å². The first-order valence-corrected chi connectivity index (χ1v) is 10.8. The van der Waals surface area contributed by atoms with E-state index in [1.165, 1.54) is 71.5 Å². The summed E-state index contributed by atoms with van der Waals surface area (Å²) in [5.74, 6) is 0.907. The SMILES string of the molecule is CC1CN(C(C)(C)C)CC(C)N1CC1CCN(C2CCNCC2)CC1. The van der Waals surface area contributed by atoms with Gasteiger partial charge in [0.2, 0.25) is 0 Å². The van der Waals surface area contributed by atoms with E-state index < -0.39 is 0 Å². The van der Waals surface area contributed by atoms with Crippen molar-refractivity contribution in [1.29, 1.82) is 0 Å². The molecule has 25 heavy (non-hydrogen) atoms. The van der Waals surface area contributed by atoms with Gasteiger partial charge >= 0.3 is 0 Å². The molecule has 0 amide bonds. The molecule has 0 bridgehead atoms. The minimum atomic E-state index is 0.300. The first-order chi connectivity index (χ1) is 11.8. The minimum absolute atomic E-state index is 0.300. The number of nitrogens with one attached hydrogen (secondary N) is 1. The van der Waals surface area contributed by atoms with Crippen LogP contribution in [0.4, 0.5) is 0 Å². The summed E-state index contributed by atoms with van der Waals surface area (Å²) >= 11 is 0. The standard InChI is InChI=1S/C21H42N4/c1-17-14-24(21(3,4)5)15-18(2)25(17)16-19-8-12-23(13-9-19)20-6-10-22-11-7-20/h17-20,22H,6-16H2,1-5H3. The van der Waals surface area contributed by atoms with E-state index in [2.05, 4.69) is 54.6 Å². The van der Waals surface area contributed by atoms with Crippen molar-refractivity contribution in [2.45, 2.75) is 84.0 Å². The van der Waals surface area contributed by atoms with Crippen molar-refractivity contribution in [3.8, 4) is 0 Å². The fourth-order valence-electron chi connectivity index (χ4n) is 5.23. The lowest BCUT2D eigenvalue weighted by atomic mass is 9.91. The number of piperidine rings is 2. The number of piperazine rings is 1. The average molecular weight is 351 g/mol. The second-order valence-electron chi connectivity index (χ2n) is 9.93. The van der Waals surface area contributed by atoms with Crippen molar-refractivity contribution in [3.63, 3.8) is 0 Å². The molecule has 0 aromatic carbocycles. The van der Waals surface area contributed by atoms with Crippen LogP contribution in [-0.2, 0) is 0 Å². The zero-order chi connectivity index (χ0) is 18.0. The molecule has 1 N–H and O–H groups in total. The van der Waals surface area contributed by atoms with Crippen molar-refractivity contribution < 1.29 is 0 Å². The lowest BCUT2D eigenvalue weighted by Gasteiger charge is -2.50. The van der Waals surface area contributed by atoms with Crippen LogP contribution in [0.1, 0.15) is 60.3 Å². The van der Waals surface area contributed by atoms with Crippen LogP contribution >= 0.6 is 0 Å². The molecule has 0 aromatic rings. The van der Waals surface area contributed by atoms with Crippen LogP contribution in [0.2, 0.25) is 0 Å². The second kappa shape index (κ2) is 8.24. The van der Waals surface area contributed by atoms with Gasteiger partial charge in [0.25, 0.3) is 0 Å².